The van der Waals surface area contributed by atoms with E-state index >= 15 is 0 Å². The van der Waals surface area contributed by atoms with Gasteiger partial charge in [-0.05, 0) is 37.5 Å². The summed E-state index contributed by atoms with van der Waals surface area (Å²) in [5.74, 6) is -2.15. The summed E-state index contributed by atoms with van der Waals surface area (Å²) >= 11 is 0. The van der Waals surface area contributed by atoms with Crippen LogP contribution in [0.25, 0.3) is 0 Å². The van der Waals surface area contributed by atoms with E-state index in [0.717, 1.165) is 12.0 Å². The number of rotatable bonds is 4. The number of aryl methyl sites for hydroxylation is 1. The van der Waals surface area contributed by atoms with Gasteiger partial charge in [0.1, 0.15) is 5.75 Å². The van der Waals surface area contributed by atoms with Crippen LogP contribution in [0.3, 0.4) is 0 Å². The van der Waals surface area contributed by atoms with Crippen molar-refractivity contribution in [1.82, 2.24) is 0 Å². The number of hydrogen-bond acceptors (Lipinski definition) is 4. The maximum absolute atomic E-state index is 12.6. The summed E-state index contributed by atoms with van der Waals surface area (Å²) in [6.07, 6.45) is 0.788. The zero-order chi connectivity index (χ0) is 15.9. The molecule has 0 radical (unpaired) electrons. The molecule has 2 heterocycles. The van der Waals surface area contributed by atoms with E-state index in [4.69, 9.17) is 9.47 Å². The van der Waals surface area contributed by atoms with Crippen LogP contribution in [-0.4, -0.2) is 36.3 Å². The number of amides is 1. The van der Waals surface area contributed by atoms with Crippen LogP contribution in [0.2, 0.25) is 0 Å². The predicted octanol–water partition coefficient (Wildman–Crippen LogP) is 1.82. The fraction of sp³-hybridized carbons (Fsp3) is 0.500. The topological polar surface area (TPSA) is 84.9 Å². The van der Waals surface area contributed by atoms with Crippen LogP contribution in [0.5, 0.6) is 5.75 Å². The first kappa shape index (κ1) is 14.8. The molecular formula is C16H19NO5. The Labute approximate surface area is 128 Å². The molecule has 2 fully saturated rings. The number of carbonyl (C=O) groups excluding carboxylic acids is 1. The first-order valence-corrected chi connectivity index (χ1v) is 7.35. The van der Waals surface area contributed by atoms with Crippen molar-refractivity contribution in [3.63, 3.8) is 0 Å². The number of aliphatic carboxylic acids is 1. The summed E-state index contributed by atoms with van der Waals surface area (Å²) in [5, 5.41) is 12.2. The van der Waals surface area contributed by atoms with E-state index in [0.29, 0.717) is 17.9 Å². The molecule has 2 N–H and O–H groups in total. The third-order valence-electron chi connectivity index (χ3n) is 4.47. The van der Waals surface area contributed by atoms with Crippen LogP contribution in [0.1, 0.15) is 18.4 Å². The predicted molar refractivity (Wildman–Crippen MR) is 78.9 cm³/mol. The lowest BCUT2D eigenvalue weighted by molar-refractivity contribution is -0.147. The van der Waals surface area contributed by atoms with Crippen LogP contribution in [-0.2, 0) is 14.3 Å². The molecule has 0 aromatic heterocycles. The average molecular weight is 305 g/mol. The monoisotopic (exact) mass is 305 g/mol. The number of hydrogen-bond donors (Lipinski definition) is 2. The lowest BCUT2D eigenvalue weighted by atomic mass is 9.78. The van der Waals surface area contributed by atoms with Gasteiger partial charge in [0.05, 0.1) is 36.8 Å². The molecule has 3 rings (SSSR count). The average Bonchev–Trinajstić information content (AvgIpc) is 3.08. The molecule has 0 unspecified atom stereocenters. The smallest absolute Gasteiger partial charge is 0.310 e. The SMILES string of the molecule is COc1ccc(C)cc1NC(=O)[C@H]1[C@@H](C(=O)O)[C@H]2CC[C@H]1O2. The Hall–Kier alpha value is -2.08. The van der Waals surface area contributed by atoms with Crippen molar-refractivity contribution < 1.29 is 24.2 Å². The van der Waals surface area contributed by atoms with Gasteiger partial charge in [-0.1, -0.05) is 6.07 Å². The molecule has 2 bridgehead atoms. The number of carboxylic acids is 1. The quantitative estimate of drug-likeness (QED) is 0.886. The lowest BCUT2D eigenvalue weighted by Crippen LogP contribution is -2.41. The van der Waals surface area contributed by atoms with Gasteiger partial charge in [-0.25, -0.2) is 0 Å². The minimum Gasteiger partial charge on any atom is -0.495 e. The van der Waals surface area contributed by atoms with E-state index in [-0.39, 0.29) is 18.1 Å². The van der Waals surface area contributed by atoms with E-state index in [1.54, 1.807) is 12.1 Å². The fourth-order valence-electron chi connectivity index (χ4n) is 3.46. The van der Waals surface area contributed by atoms with Gasteiger partial charge >= 0.3 is 5.97 Å². The summed E-state index contributed by atoms with van der Waals surface area (Å²) in [7, 11) is 1.53. The number of anilines is 1. The van der Waals surface area contributed by atoms with Gasteiger partial charge in [-0.3, -0.25) is 9.59 Å². The third kappa shape index (κ3) is 2.43. The van der Waals surface area contributed by atoms with Crippen molar-refractivity contribution in [1.29, 1.82) is 0 Å². The highest BCUT2D eigenvalue weighted by Crippen LogP contribution is 2.44. The number of benzene rings is 1. The van der Waals surface area contributed by atoms with Crippen molar-refractivity contribution in [3.8, 4) is 5.75 Å². The first-order chi connectivity index (χ1) is 10.5. The van der Waals surface area contributed by atoms with E-state index in [9.17, 15) is 14.7 Å². The van der Waals surface area contributed by atoms with Crippen LogP contribution in [0, 0.1) is 18.8 Å². The molecule has 6 heteroatoms. The number of nitrogens with one attached hydrogen (secondary N) is 1. The van der Waals surface area contributed by atoms with Crippen LogP contribution < -0.4 is 10.1 Å². The van der Waals surface area contributed by atoms with Gasteiger partial charge in [-0.2, -0.15) is 0 Å². The largest absolute Gasteiger partial charge is 0.495 e. The van der Waals surface area contributed by atoms with Gasteiger partial charge in [0, 0.05) is 0 Å². The zero-order valence-corrected chi connectivity index (χ0v) is 12.5. The van der Waals surface area contributed by atoms with Crippen molar-refractivity contribution >= 4 is 17.6 Å². The Bertz CT molecular complexity index is 615. The number of fused-ring (bicyclic) bond motifs is 2. The molecular weight excluding hydrogens is 286 g/mol. The molecule has 2 saturated heterocycles. The van der Waals surface area contributed by atoms with Gasteiger partial charge < -0.3 is 19.9 Å². The number of carboxylic acid groups (broad SMARTS) is 1. The highest BCUT2D eigenvalue weighted by Gasteiger charge is 2.55. The summed E-state index contributed by atoms with van der Waals surface area (Å²) in [5.41, 5.74) is 1.54. The Morgan fingerprint density at radius 3 is 2.59 bits per heavy atom. The molecule has 4 atom stereocenters. The Morgan fingerprint density at radius 1 is 1.27 bits per heavy atom. The Kier molecular flexibility index (Phi) is 3.78. The Balaban J connectivity index is 1.82. The van der Waals surface area contributed by atoms with Crippen LogP contribution >= 0.6 is 0 Å². The zero-order valence-electron chi connectivity index (χ0n) is 12.5. The number of methoxy groups -OCH3 is 1. The molecule has 1 aromatic carbocycles. The summed E-state index contributed by atoms with van der Waals surface area (Å²) in [6.45, 7) is 1.91. The molecule has 1 amide bonds. The van der Waals surface area contributed by atoms with E-state index in [1.165, 1.54) is 7.11 Å². The Morgan fingerprint density at radius 2 is 1.95 bits per heavy atom. The van der Waals surface area contributed by atoms with E-state index < -0.39 is 17.8 Å². The second-order valence-electron chi connectivity index (χ2n) is 5.87. The second kappa shape index (κ2) is 5.61. The highest BCUT2D eigenvalue weighted by molar-refractivity contribution is 5.97. The van der Waals surface area contributed by atoms with Crippen molar-refractivity contribution in [2.45, 2.75) is 32.0 Å². The molecule has 22 heavy (non-hydrogen) atoms. The summed E-state index contributed by atoms with van der Waals surface area (Å²) in [4.78, 5) is 24.0. The van der Waals surface area contributed by atoms with Gasteiger partial charge in [0.15, 0.2) is 0 Å². The molecule has 2 aliphatic heterocycles. The van der Waals surface area contributed by atoms with Gasteiger partial charge in [0.25, 0.3) is 0 Å². The van der Waals surface area contributed by atoms with E-state index in [1.807, 2.05) is 13.0 Å². The summed E-state index contributed by atoms with van der Waals surface area (Å²) < 4.78 is 10.9. The molecule has 1 aromatic rings. The highest BCUT2D eigenvalue weighted by atomic mass is 16.5. The van der Waals surface area contributed by atoms with Crippen molar-refractivity contribution in [2.75, 3.05) is 12.4 Å². The lowest BCUT2D eigenvalue weighted by Gasteiger charge is -2.24. The van der Waals surface area contributed by atoms with E-state index in [2.05, 4.69) is 5.32 Å². The van der Waals surface area contributed by atoms with Gasteiger partial charge in [-0.15, -0.1) is 0 Å². The van der Waals surface area contributed by atoms with Crippen molar-refractivity contribution in [3.05, 3.63) is 23.8 Å². The third-order valence-corrected chi connectivity index (χ3v) is 4.47. The molecule has 0 spiro atoms. The molecule has 6 nitrogen and oxygen atoms in total. The number of ether oxygens (including phenoxy) is 2. The fourth-order valence-corrected chi connectivity index (χ4v) is 3.46. The molecule has 0 saturated carbocycles. The normalized spacial score (nSPS) is 29.4. The first-order valence-electron chi connectivity index (χ1n) is 7.35. The minimum absolute atomic E-state index is 0.304. The maximum atomic E-state index is 12.6. The molecule has 118 valence electrons. The van der Waals surface area contributed by atoms with Crippen LogP contribution in [0.4, 0.5) is 5.69 Å². The second-order valence-corrected chi connectivity index (χ2v) is 5.87. The van der Waals surface area contributed by atoms with Gasteiger partial charge in [0.2, 0.25) is 5.91 Å². The standard InChI is InChI=1S/C16H19NO5/c1-8-3-4-10(21-2)9(7-8)17-15(18)13-11-5-6-12(22-11)14(13)16(19)20/h3-4,7,11-14H,5-6H2,1-2H3,(H,17,18)(H,19,20)/t11-,12-,13-,14+/m1/s1. The minimum atomic E-state index is -0.969. The van der Waals surface area contributed by atoms with Crippen LogP contribution in [0.15, 0.2) is 18.2 Å². The molecule has 2 aliphatic rings. The maximum Gasteiger partial charge on any atom is 0.310 e. The number of carbonyl (C=O) groups is 2. The molecule has 0 aliphatic carbocycles. The van der Waals surface area contributed by atoms with Crippen molar-refractivity contribution in [2.24, 2.45) is 11.8 Å². The summed E-state index contributed by atoms with van der Waals surface area (Å²) in [6, 6.07) is 5.46.